The molecule has 0 saturated carbocycles. The van der Waals surface area contributed by atoms with Crippen LogP contribution in [-0.4, -0.2) is 19.1 Å². The summed E-state index contributed by atoms with van der Waals surface area (Å²) in [4.78, 5) is 4.64. The average Bonchev–Trinajstić information content (AvgIpc) is 2.34. The monoisotopic (exact) mass is 294 g/mol. The number of ether oxygens (including phenoxy) is 1. The van der Waals surface area contributed by atoms with Crippen LogP contribution in [0.25, 0.3) is 10.9 Å². The van der Waals surface area contributed by atoms with Gasteiger partial charge in [0.1, 0.15) is 0 Å². The van der Waals surface area contributed by atoms with Crippen LogP contribution in [0.2, 0.25) is 0 Å². The molecule has 0 spiro atoms. The highest BCUT2D eigenvalue weighted by molar-refractivity contribution is 9.10. The van der Waals surface area contributed by atoms with E-state index in [1.165, 1.54) is 0 Å². The molecule has 0 atom stereocenters. The molecule has 1 aromatic carbocycles. The third-order valence-corrected chi connectivity index (χ3v) is 3.64. The minimum Gasteiger partial charge on any atom is -0.388 e. The van der Waals surface area contributed by atoms with Crippen molar-refractivity contribution >= 4 is 32.5 Å². The predicted octanol–water partition coefficient (Wildman–Crippen LogP) is 3.49. The molecule has 0 aliphatic carbocycles. The Kier molecular flexibility index (Phi) is 3.64. The largest absolute Gasteiger partial charge is 0.388 e. The second-order valence-corrected chi connectivity index (χ2v) is 4.77. The van der Waals surface area contributed by atoms with Crippen molar-refractivity contribution in [1.29, 1.82) is 0 Å². The quantitative estimate of drug-likeness (QED) is 0.941. The Morgan fingerprint density at radius 2 is 2.18 bits per heavy atom. The number of hydrogen-bond donors (Lipinski definition) is 1. The van der Waals surface area contributed by atoms with Crippen LogP contribution in [0.1, 0.15) is 11.3 Å². The molecule has 1 heterocycles. The zero-order chi connectivity index (χ0) is 12.4. The number of rotatable bonds is 3. The summed E-state index contributed by atoms with van der Waals surface area (Å²) in [6.45, 7) is 2.59. The number of fused-ring (bicyclic) bond motifs is 1. The van der Waals surface area contributed by atoms with Gasteiger partial charge in [0, 0.05) is 29.7 Å². The fourth-order valence-corrected chi connectivity index (χ4v) is 2.21. The van der Waals surface area contributed by atoms with E-state index in [1.807, 2.05) is 13.1 Å². The molecular weight excluding hydrogens is 280 g/mol. The molecule has 1 aromatic heterocycles. The summed E-state index contributed by atoms with van der Waals surface area (Å²) in [5.74, 6) is 0. The molecule has 0 bridgehead atoms. The summed E-state index contributed by atoms with van der Waals surface area (Å²) < 4.78 is 6.22. The molecule has 0 amide bonds. The number of benzene rings is 1. The summed E-state index contributed by atoms with van der Waals surface area (Å²) >= 11 is 3.53. The van der Waals surface area contributed by atoms with Crippen LogP contribution >= 0.6 is 15.9 Å². The number of hydrogen-bond acceptors (Lipinski definition) is 3. The lowest BCUT2D eigenvalue weighted by Gasteiger charge is -2.11. The Balaban J connectivity index is 2.73. The van der Waals surface area contributed by atoms with Crippen LogP contribution in [0.4, 0.5) is 5.69 Å². The third-order valence-electron chi connectivity index (χ3n) is 2.78. The highest BCUT2D eigenvalue weighted by Gasteiger charge is 2.08. The number of halogens is 1. The first-order valence-corrected chi connectivity index (χ1v) is 6.22. The van der Waals surface area contributed by atoms with Gasteiger partial charge in [-0.2, -0.15) is 0 Å². The first kappa shape index (κ1) is 12.3. The van der Waals surface area contributed by atoms with Crippen molar-refractivity contribution in [1.82, 2.24) is 4.98 Å². The predicted molar refractivity (Wildman–Crippen MR) is 74.4 cm³/mol. The number of aryl methyl sites for hydroxylation is 1. The van der Waals surface area contributed by atoms with E-state index in [1.54, 1.807) is 7.11 Å². The molecule has 2 rings (SSSR count). The molecule has 2 aromatic rings. The van der Waals surface area contributed by atoms with E-state index in [4.69, 9.17) is 4.74 Å². The summed E-state index contributed by atoms with van der Waals surface area (Å²) in [6.07, 6.45) is 0. The molecule has 0 saturated heterocycles. The van der Waals surface area contributed by atoms with Gasteiger partial charge in [0.05, 0.1) is 17.8 Å². The van der Waals surface area contributed by atoms with Gasteiger partial charge >= 0.3 is 0 Å². The number of pyridine rings is 1. The van der Waals surface area contributed by atoms with Gasteiger partial charge in [0.15, 0.2) is 0 Å². The van der Waals surface area contributed by atoms with E-state index in [-0.39, 0.29) is 0 Å². The zero-order valence-electron chi connectivity index (χ0n) is 10.2. The smallest absolute Gasteiger partial charge is 0.0885 e. The lowest BCUT2D eigenvalue weighted by atomic mass is 10.1. The fraction of sp³-hybridized carbons (Fsp3) is 0.308. The number of methoxy groups -OCH3 is 1. The van der Waals surface area contributed by atoms with Gasteiger partial charge in [-0.25, -0.2) is 4.98 Å². The average molecular weight is 295 g/mol. The number of aromatic nitrogens is 1. The normalized spacial score (nSPS) is 10.8. The van der Waals surface area contributed by atoms with Crippen LogP contribution in [-0.2, 0) is 11.3 Å². The number of anilines is 1. The van der Waals surface area contributed by atoms with Crippen LogP contribution in [0, 0.1) is 6.92 Å². The Hall–Kier alpha value is -1.13. The molecule has 90 valence electrons. The Labute approximate surface area is 109 Å². The first-order valence-electron chi connectivity index (χ1n) is 5.42. The Morgan fingerprint density at radius 3 is 2.82 bits per heavy atom. The molecule has 0 aliphatic heterocycles. The lowest BCUT2D eigenvalue weighted by Crippen LogP contribution is -1.99. The maximum atomic E-state index is 5.14. The summed E-state index contributed by atoms with van der Waals surface area (Å²) in [5, 5.41) is 4.34. The highest BCUT2D eigenvalue weighted by atomic mass is 79.9. The molecule has 0 radical (unpaired) electrons. The van der Waals surface area contributed by atoms with Gasteiger partial charge in [0.2, 0.25) is 0 Å². The minimum absolute atomic E-state index is 0.524. The second kappa shape index (κ2) is 5.02. The van der Waals surface area contributed by atoms with Crippen LogP contribution < -0.4 is 5.32 Å². The van der Waals surface area contributed by atoms with E-state index >= 15 is 0 Å². The molecule has 3 nitrogen and oxygen atoms in total. The van der Waals surface area contributed by atoms with Crippen molar-refractivity contribution in [2.75, 3.05) is 19.5 Å². The molecule has 17 heavy (non-hydrogen) atoms. The fourth-order valence-electron chi connectivity index (χ4n) is 1.89. The van der Waals surface area contributed by atoms with E-state index in [2.05, 4.69) is 45.3 Å². The van der Waals surface area contributed by atoms with Crippen LogP contribution in [0.3, 0.4) is 0 Å². The van der Waals surface area contributed by atoms with Gasteiger partial charge in [-0.1, -0.05) is 15.9 Å². The number of nitrogens with zero attached hydrogens (tertiary/aromatic N) is 1. The van der Waals surface area contributed by atoms with Crippen LogP contribution in [0.5, 0.6) is 0 Å². The topological polar surface area (TPSA) is 34.1 Å². The zero-order valence-corrected chi connectivity index (χ0v) is 11.8. The SMILES string of the molecule is CNc1cc(COC)nc2c(C)c(Br)ccc12. The van der Waals surface area contributed by atoms with Gasteiger partial charge in [-0.3, -0.25) is 0 Å². The molecule has 0 aliphatic rings. The van der Waals surface area contributed by atoms with Crippen molar-refractivity contribution in [3.63, 3.8) is 0 Å². The Morgan fingerprint density at radius 1 is 1.41 bits per heavy atom. The highest BCUT2D eigenvalue weighted by Crippen LogP contribution is 2.29. The molecule has 1 N–H and O–H groups in total. The standard InChI is InChI=1S/C13H15BrN2O/c1-8-11(14)5-4-10-12(15-2)6-9(7-17-3)16-13(8)10/h4-6H,7H2,1-3H3,(H,15,16). The summed E-state index contributed by atoms with van der Waals surface area (Å²) in [5.41, 5.74) is 4.18. The van der Waals surface area contributed by atoms with E-state index in [9.17, 15) is 0 Å². The summed E-state index contributed by atoms with van der Waals surface area (Å²) in [7, 11) is 3.60. The van der Waals surface area contributed by atoms with Gasteiger partial charge < -0.3 is 10.1 Å². The summed E-state index contributed by atoms with van der Waals surface area (Å²) in [6, 6.07) is 6.15. The van der Waals surface area contributed by atoms with Gasteiger partial charge in [-0.05, 0) is 30.7 Å². The lowest BCUT2D eigenvalue weighted by molar-refractivity contribution is 0.182. The first-order chi connectivity index (χ1) is 8.17. The third kappa shape index (κ3) is 2.28. The minimum atomic E-state index is 0.524. The van der Waals surface area contributed by atoms with Crippen molar-refractivity contribution in [3.05, 3.63) is 33.9 Å². The van der Waals surface area contributed by atoms with Crippen molar-refractivity contribution in [2.45, 2.75) is 13.5 Å². The molecule has 0 fully saturated rings. The Bertz CT molecular complexity index is 555. The van der Waals surface area contributed by atoms with E-state index in [0.29, 0.717) is 6.61 Å². The van der Waals surface area contributed by atoms with Crippen molar-refractivity contribution in [3.8, 4) is 0 Å². The maximum Gasteiger partial charge on any atom is 0.0885 e. The molecular formula is C13H15BrN2O. The van der Waals surface area contributed by atoms with E-state index in [0.717, 1.165) is 32.3 Å². The van der Waals surface area contributed by atoms with Crippen molar-refractivity contribution < 1.29 is 4.74 Å². The second-order valence-electron chi connectivity index (χ2n) is 3.91. The van der Waals surface area contributed by atoms with Gasteiger partial charge in [-0.15, -0.1) is 0 Å². The molecule has 4 heteroatoms. The van der Waals surface area contributed by atoms with Crippen LogP contribution in [0.15, 0.2) is 22.7 Å². The maximum absolute atomic E-state index is 5.14. The number of nitrogens with one attached hydrogen (secondary N) is 1. The molecule has 0 unspecified atom stereocenters. The van der Waals surface area contributed by atoms with Crippen molar-refractivity contribution in [2.24, 2.45) is 0 Å². The van der Waals surface area contributed by atoms with Gasteiger partial charge in [0.25, 0.3) is 0 Å². The van der Waals surface area contributed by atoms with E-state index < -0.39 is 0 Å².